The molecule has 1 heteroatoms. The van der Waals surface area contributed by atoms with E-state index in [-0.39, 0.29) is 0 Å². The van der Waals surface area contributed by atoms with E-state index in [0.717, 1.165) is 11.8 Å². The average Bonchev–Trinajstić information content (AvgIpc) is 3.20. The molecule has 1 aromatic rings. The predicted octanol–water partition coefficient (Wildman–Crippen LogP) is 4.68. The molecular weight excluding hydrogens is 218 g/mol. The van der Waals surface area contributed by atoms with Crippen molar-refractivity contribution in [2.24, 2.45) is 11.8 Å². The summed E-state index contributed by atoms with van der Waals surface area (Å²) in [6.07, 6.45) is 8.66. The van der Waals surface area contributed by atoms with E-state index >= 15 is 0 Å². The van der Waals surface area contributed by atoms with Gasteiger partial charge in [-0.15, -0.1) is 0 Å². The van der Waals surface area contributed by atoms with Crippen molar-refractivity contribution in [1.82, 2.24) is 0 Å². The highest BCUT2D eigenvalue weighted by Crippen LogP contribution is 2.44. The first kappa shape index (κ1) is 12.1. The molecule has 0 aromatic heterocycles. The lowest BCUT2D eigenvalue weighted by atomic mass is 9.82. The van der Waals surface area contributed by atoms with Crippen LogP contribution in [0.2, 0.25) is 0 Å². The van der Waals surface area contributed by atoms with E-state index < -0.39 is 0 Å². The molecule has 2 fully saturated rings. The lowest BCUT2D eigenvalue weighted by Crippen LogP contribution is -2.28. The van der Waals surface area contributed by atoms with E-state index in [4.69, 9.17) is 0 Å². The van der Waals surface area contributed by atoms with Crippen LogP contribution in [0.5, 0.6) is 0 Å². The van der Waals surface area contributed by atoms with Crippen molar-refractivity contribution in [2.45, 2.75) is 58.4 Å². The molecule has 2 unspecified atom stereocenters. The molecule has 0 saturated heterocycles. The predicted molar refractivity (Wildman–Crippen MR) is 78.0 cm³/mol. The van der Waals surface area contributed by atoms with E-state index in [9.17, 15) is 0 Å². The Morgan fingerprint density at radius 3 is 2.61 bits per heavy atom. The summed E-state index contributed by atoms with van der Waals surface area (Å²) in [6.45, 7) is 4.44. The first-order valence-electron chi connectivity index (χ1n) is 7.57. The van der Waals surface area contributed by atoms with Crippen LogP contribution < -0.4 is 5.32 Å². The first-order chi connectivity index (χ1) is 8.74. The van der Waals surface area contributed by atoms with Gasteiger partial charge in [-0.25, -0.2) is 0 Å². The van der Waals surface area contributed by atoms with Crippen LogP contribution in [-0.4, -0.2) is 6.04 Å². The molecule has 0 heterocycles. The van der Waals surface area contributed by atoms with Crippen molar-refractivity contribution >= 4 is 5.69 Å². The summed E-state index contributed by atoms with van der Waals surface area (Å²) < 4.78 is 0. The van der Waals surface area contributed by atoms with Gasteiger partial charge in [-0.3, -0.25) is 0 Å². The second-order valence-corrected chi connectivity index (χ2v) is 6.35. The van der Waals surface area contributed by atoms with E-state index in [1.54, 1.807) is 0 Å². The largest absolute Gasteiger partial charge is 0.382 e. The van der Waals surface area contributed by atoms with Crippen molar-refractivity contribution in [3.63, 3.8) is 0 Å². The van der Waals surface area contributed by atoms with Gasteiger partial charge in [0.05, 0.1) is 0 Å². The van der Waals surface area contributed by atoms with E-state index in [1.165, 1.54) is 55.3 Å². The monoisotopic (exact) mass is 243 g/mol. The standard InChI is InChI=1S/C17H25N/c1-12-5-3-8-17(13(12)2)18-16-7-4-6-15(11-16)14-9-10-14/h3,5,8,14-16,18H,4,6-7,9-11H2,1-2H3. The fourth-order valence-corrected chi connectivity index (χ4v) is 3.48. The Hall–Kier alpha value is -0.980. The summed E-state index contributed by atoms with van der Waals surface area (Å²) in [4.78, 5) is 0. The van der Waals surface area contributed by atoms with Crippen LogP contribution in [0.1, 0.15) is 49.7 Å². The number of anilines is 1. The third-order valence-corrected chi connectivity index (χ3v) is 4.97. The quantitative estimate of drug-likeness (QED) is 0.812. The van der Waals surface area contributed by atoms with Gasteiger partial charge in [-0.05, 0) is 68.6 Å². The van der Waals surface area contributed by atoms with Gasteiger partial charge in [0.25, 0.3) is 0 Å². The highest BCUT2D eigenvalue weighted by molar-refractivity contribution is 5.54. The minimum atomic E-state index is 0.713. The molecule has 0 bridgehead atoms. The number of hydrogen-bond acceptors (Lipinski definition) is 1. The fraction of sp³-hybridized carbons (Fsp3) is 0.647. The zero-order valence-electron chi connectivity index (χ0n) is 11.7. The van der Waals surface area contributed by atoms with E-state index in [1.807, 2.05) is 0 Å². The molecule has 3 rings (SSSR count). The molecule has 0 spiro atoms. The Morgan fingerprint density at radius 1 is 1.00 bits per heavy atom. The molecule has 1 N–H and O–H groups in total. The third-order valence-electron chi connectivity index (χ3n) is 4.97. The normalized spacial score (nSPS) is 28.1. The maximum Gasteiger partial charge on any atom is 0.0374 e. The summed E-state index contributed by atoms with van der Waals surface area (Å²) in [5, 5.41) is 3.80. The Morgan fingerprint density at radius 2 is 1.83 bits per heavy atom. The lowest BCUT2D eigenvalue weighted by molar-refractivity contribution is 0.303. The fourth-order valence-electron chi connectivity index (χ4n) is 3.48. The van der Waals surface area contributed by atoms with Crippen LogP contribution in [0.25, 0.3) is 0 Å². The number of nitrogens with one attached hydrogen (secondary N) is 1. The van der Waals surface area contributed by atoms with Gasteiger partial charge < -0.3 is 5.32 Å². The van der Waals surface area contributed by atoms with Gasteiger partial charge in [0.2, 0.25) is 0 Å². The van der Waals surface area contributed by atoms with Gasteiger partial charge in [0.1, 0.15) is 0 Å². The molecule has 2 saturated carbocycles. The van der Waals surface area contributed by atoms with Crippen molar-refractivity contribution in [3.05, 3.63) is 29.3 Å². The van der Waals surface area contributed by atoms with Crippen molar-refractivity contribution < 1.29 is 0 Å². The molecule has 2 atom stereocenters. The molecule has 2 aliphatic rings. The maximum absolute atomic E-state index is 3.80. The Balaban J connectivity index is 1.66. The molecule has 1 nitrogen and oxygen atoms in total. The molecule has 1 aromatic carbocycles. The Labute approximate surface area is 111 Å². The molecule has 0 radical (unpaired) electrons. The number of rotatable bonds is 3. The van der Waals surface area contributed by atoms with E-state index in [2.05, 4.69) is 37.4 Å². The van der Waals surface area contributed by atoms with Crippen LogP contribution >= 0.6 is 0 Å². The SMILES string of the molecule is Cc1cccc(NC2CCCC(C3CC3)C2)c1C. The van der Waals surface area contributed by atoms with Crippen LogP contribution in [0.15, 0.2) is 18.2 Å². The molecule has 0 amide bonds. The van der Waals surface area contributed by atoms with Gasteiger partial charge in [-0.1, -0.05) is 25.0 Å². The van der Waals surface area contributed by atoms with Gasteiger partial charge in [0.15, 0.2) is 0 Å². The van der Waals surface area contributed by atoms with Gasteiger partial charge in [-0.2, -0.15) is 0 Å². The van der Waals surface area contributed by atoms with Crippen molar-refractivity contribution in [2.75, 3.05) is 5.32 Å². The summed E-state index contributed by atoms with van der Waals surface area (Å²) >= 11 is 0. The van der Waals surface area contributed by atoms with Crippen molar-refractivity contribution in [3.8, 4) is 0 Å². The van der Waals surface area contributed by atoms with Gasteiger partial charge in [0, 0.05) is 11.7 Å². The number of benzene rings is 1. The topological polar surface area (TPSA) is 12.0 Å². The summed E-state index contributed by atoms with van der Waals surface area (Å²) in [7, 11) is 0. The minimum Gasteiger partial charge on any atom is -0.382 e. The third kappa shape index (κ3) is 2.55. The summed E-state index contributed by atoms with van der Waals surface area (Å²) in [6, 6.07) is 7.33. The second kappa shape index (κ2) is 4.95. The summed E-state index contributed by atoms with van der Waals surface area (Å²) in [5.41, 5.74) is 4.18. The highest BCUT2D eigenvalue weighted by Gasteiger charge is 2.34. The number of aryl methyl sites for hydroxylation is 1. The molecule has 0 aliphatic heterocycles. The summed E-state index contributed by atoms with van der Waals surface area (Å²) in [5.74, 6) is 2.09. The molecular formula is C17H25N. The van der Waals surface area contributed by atoms with Crippen LogP contribution in [0.4, 0.5) is 5.69 Å². The zero-order valence-corrected chi connectivity index (χ0v) is 11.7. The Bertz CT molecular complexity index is 420. The maximum atomic E-state index is 3.80. The molecule has 18 heavy (non-hydrogen) atoms. The average molecular weight is 243 g/mol. The van der Waals surface area contributed by atoms with Crippen LogP contribution in [-0.2, 0) is 0 Å². The zero-order chi connectivity index (χ0) is 12.5. The highest BCUT2D eigenvalue weighted by atomic mass is 14.9. The van der Waals surface area contributed by atoms with Crippen LogP contribution in [0, 0.1) is 25.7 Å². The smallest absolute Gasteiger partial charge is 0.0374 e. The minimum absolute atomic E-state index is 0.713. The van der Waals surface area contributed by atoms with E-state index in [0.29, 0.717) is 6.04 Å². The number of hydrogen-bond donors (Lipinski definition) is 1. The molecule has 98 valence electrons. The first-order valence-corrected chi connectivity index (χ1v) is 7.57. The van der Waals surface area contributed by atoms with Gasteiger partial charge >= 0.3 is 0 Å². The molecule has 2 aliphatic carbocycles. The second-order valence-electron chi connectivity index (χ2n) is 6.35. The lowest BCUT2D eigenvalue weighted by Gasteiger charge is -2.31. The van der Waals surface area contributed by atoms with Crippen LogP contribution in [0.3, 0.4) is 0 Å². The van der Waals surface area contributed by atoms with Crippen molar-refractivity contribution in [1.29, 1.82) is 0 Å². The Kier molecular flexibility index (Phi) is 3.32.